The van der Waals surface area contributed by atoms with E-state index in [1.165, 1.54) is 40.4 Å². The van der Waals surface area contributed by atoms with Crippen LogP contribution in [0.2, 0.25) is 0 Å². The Morgan fingerprint density at radius 3 is 2.55 bits per heavy atom. The molecule has 1 saturated carbocycles. The highest BCUT2D eigenvalue weighted by molar-refractivity contribution is 9.10. The van der Waals surface area contributed by atoms with Gasteiger partial charge >= 0.3 is 0 Å². The van der Waals surface area contributed by atoms with Gasteiger partial charge in [-0.05, 0) is 30.4 Å². The van der Waals surface area contributed by atoms with Gasteiger partial charge in [0.05, 0.1) is 5.52 Å². The van der Waals surface area contributed by atoms with E-state index in [9.17, 15) is 0 Å². The highest BCUT2D eigenvalue weighted by Gasteiger charge is 2.26. The van der Waals surface area contributed by atoms with Crippen molar-refractivity contribution in [3.8, 4) is 0 Å². The topological polar surface area (TPSA) is 24.9 Å². The Labute approximate surface area is 126 Å². The Balaban J connectivity index is 2.16. The summed E-state index contributed by atoms with van der Waals surface area (Å²) in [6.45, 7) is 0. The monoisotopic (exact) mass is 326 g/mol. The lowest BCUT2D eigenvalue weighted by Gasteiger charge is -2.12. The first-order valence-electron chi connectivity index (χ1n) is 6.97. The summed E-state index contributed by atoms with van der Waals surface area (Å²) in [4.78, 5) is 4.95. The first-order valence-corrected chi connectivity index (χ1v) is 7.77. The molecule has 100 valence electrons. The van der Waals surface area contributed by atoms with Crippen molar-refractivity contribution in [1.29, 1.82) is 0 Å². The number of anilines is 1. The number of hydrogen-bond donors (Lipinski definition) is 1. The second-order valence-electron chi connectivity index (χ2n) is 5.42. The van der Waals surface area contributed by atoms with Crippen LogP contribution in [0.15, 0.2) is 40.9 Å². The number of rotatable bonds is 2. The Morgan fingerprint density at radius 2 is 1.85 bits per heavy atom. The van der Waals surface area contributed by atoms with E-state index in [4.69, 9.17) is 4.98 Å². The minimum absolute atomic E-state index is 0.661. The van der Waals surface area contributed by atoms with Crippen LogP contribution in [0, 0.1) is 0 Å². The second-order valence-corrected chi connectivity index (χ2v) is 6.27. The van der Waals surface area contributed by atoms with Crippen LogP contribution in [0.4, 0.5) is 5.69 Å². The number of nitrogens with zero attached hydrogens (tertiary/aromatic N) is 1. The maximum Gasteiger partial charge on any atom is 0.0805 e. The fraction of sp³-hybridized carbons (Fsp3) is 0.235. The number of halogens is 1. The molecule has 1 aromatic heterocycles. The maximum absolute atomic E-state index is 4.95. The van der Waals surface area contributed by atoms with Crippen LogP contribution < -0.4 is 5.32 Å². The van der Waals surface area contributed by atoms with Crippen molar-refractivity contribution in [2.24, 2.45) is 0 Å². The van der Waals surface area contributed by atoms with Gasteiger partial charge in [-0.15, -0.1) is 0 Å². The van der Waals surface area contributed by atoms with Crippen LogP contribution in [0.25, 0.3) is 21.7 Å². The summed E-state index contributed by atoms with van der Waals surface area (Å²) in [6.07, 6.45) is 2.55. The average Bonchev–Trinajstić information content (AvgIpc) is 3.31. The zero-order valence-corrected chi connectivity index (χ0v) is 12.9. The van der Waals surface area contributed by atoms with Crippen LogP contribution in [-0.2, 0) is 0 Å². The van der Waals surface area contributed by atoms with Crippen molar-refractivity contribution >= 4 is 43.3 Å². The molecule has 2 nitrogen and oxygen atoms in total. The van der Waals surface area contributed by atoms with Gasteiger partial charge in [-0.2, -0.15) is 0 Å². The van der Waals surface area contributed by atoms with Crippen molar-refractivity contribution in [2.75, 3.05) is 12.4 Å². The summed E-state index contributed by atoms with van der Waals surface area (Å²) in [5, 5.41) is 6.95. The molecule has 0 atom stereocenters. The number of fused-ring (bicyclic) bond motifs is 3. The molecule has 0 saturated heterocycles. The van der Waals surface area contributed by atoms with Crippen LogP contribution in [0.5, 0.6) is 0 Å². The lowest BCUT2D eigenvalue weighted by Crippen LogP contribution is -1.96. The molecular formula is C17H15BrN2. The fourth-order valence-corrected chi connectivity index (χ4v) is 3.40. The minimum Gasteiger partial charge on any atom is -0.388 e. The summed E-state index contributed by atoms with van der Waals surface area (Å²) < 4.78 is 1.12. The maximum atomic E-state index is 4.95. The van der Waals surface area contributed by atoms with Gasteiger partial charge in [-0.3, -0.25) is 4.98 Å². The van der Waals surface area contributed by atoms with Gasteiger partial charge < -0.3 is 5.32 Å². The van der Waals surface area contributed by atoms with E-state index < -0.39 is 0 Å². The standard InChI is InChI=1S/C17H15BrN2/c1-19-16-9-15(10-6-7-10)20-17-12-5-3-2-4-11(12)14(18)8-13(16)17/h2-5,8-10H,6-7H2,1H3,(H,19,20). The molecule has 0 unspecified atom stereocenters. The zero-order chi connectivity index (χ0) is 13.7. The Kier molecular flexibility index (Phi) is 2.71. The van der Waals surface area contributed by atoms with Gasteiger partial charge in [-0.1, -0.05) is 40.2 Å². The van der Waals surface area contributed by atoms with Gasteiger partial charge in [0.15, 0.2) is 0 Å². The van der Waals surface area contributed by atoms with Gasteiger partial charge in [-0.25, -0.2) is 0 Å². The van der Waals surface area contributed by atoms with Gasteiger partial charge in [0, 0.05) is 39.6 Å². The van der Waals surface area contributed by atoms with Crippen molar-refractivity contribution in [3.05, 3.63) is 46.6 Å². The summed E-state index contributed by atoms with van der Waals surface area (Å²) in [6, 6.07) is 12.8. The molecule has 1 aliphatic rings. The van der Waals surface area contributed by atoms with E-state index in [-0.39, 0.29) is 0 Å². The highest BCUT2D eigenvalue weighted by Crippen LogP contribution is 2.42. The predicted octanol–water partition coefficient (Wildman–Crippen LogP) is 5.07. The molecule has 0 radical (unpaired) electrons. The van der Waals surface area contributed by atoms with E-state index in [0.717, 1.165) is 9.99 Å². The van der Waals surface area contributed by atoms with E-state index in [1.807, 2.05) is 7.05 Å². The van der Waals surface area contributed by atoms with E-state index in [0.29, 0.717) is 5.92 Å². The first-order chi connectivity index (χ1) is 9.78. The van der Waals surface area contributed by atoms with E-state index in [2.05, 4.69) is 57.6 Å². The highest BCUT2D eigenvalue weighted by atomic mass is 79.9. The normalized spacial score (nSPS) is 14.9. The summed E-state index contributed by atoms with van der Waals surface area (Å²) in [7, 11) is 1.98. The molecule has 1 heterocycles. The summed E-state index contributed by atoms with van der Waals surface area (Å²) in [5.74, 6) is 0.661. The van der Waals surface area contributed by atoms with Crippen LogP contribution in [0.1, 0.15) is 24.5 Å². The van der Waals surface area contributed by atoms with Crippen molar-refractivity contribution < 1.29 is 0 Å². The Bertz CT molecular complexity index is 822. The summed E-state index contributed by atoms with van der Waals surface area (Å²) in [5.41, 5.74) is 3.51. The SMILES string of the molecule is CNc1cc(C2CC2)nc2c1cc(Br)c1ccccc12. The Morgan fingerprint density at radius 1 is 1.10 bits per heavy atom. The molecule has 3 aromatic rings. The molecule has 20 heavy (non-hydrogen) atoms. The molecule has 1 N–H and O–H groups in total. The average molecular weight is 327 g/mol. The third-order valence-electron chi connectivity index (χ3n) is 4.05. The van der Waals surface area contributed by atoms with Crippen molar-refractivity contribution in [1.82, 2.24) is 4.98 Å². The van der Waals surface area contributed by atoms with Crippen LogP contribution >= 0.6 is 15.9 Å². The van der Waals surface area contributed by atoms with Crippen LogP contribution in [-0.4, -0.2) is 12.0 Å². The van der Waals surface area contributed by atoms with Crippen molar-refractivity contribution in [2.45, 2.75) is 18.8 Å². The Hall–Kier alpha value is -1.61. The molecule has 4 rings (SSSR count). The smallest absolute Gasteiger partial charge is 0.0805 e. The molecule has 0 bridgehead atoms. The van der Waals surface area contributed by atoms with Crippen molar-refractivity contribution in [3.63, 3.8) is 0 Å². The number of pyridine rings is 1. The molecule has 2 aromatic carbocycles. The molecule has 0 aliphatic heterocycles. The predicted molar refractivity (Wildman–Crippen MR) is 88.5 cm³/mol. The molecule has 0 amide bonds. The quantitative estimate of drug-likeness (QED) is 0.665. The van der Waals surface area contributed by atoms with Gasteiger partial charge in [0.2, 0.25) is 0 Å². The molecule has 0 spiro atoms. The third-order valence-corrected chi connectivity index (χ3v) is 4.71. The number of aromatic nitrogens is 1. The van der Waals surface area contributed by atoms with Gasteiger partial charge in [0.1, 0.15) is 0 Å². The number of nitrogens with one attached hydrogen (secondary N) is 1. The van der Waals surface area contributed by atoms with E-state index >= 15 is 0 Å². The lowest BCUT2D eigenvalue weighted by atomic mass is 10.0. The van der Waals surface area contributed by atoms with Crippen LogP contribution in [0.3, 0.4) is 0 Å². The van der Waals surface area contributed by atoms with Gasteiger partial charge in [0.25, 0.3) is 0 Å². The first kappa shape index (κ1) is 12.2. The number of hydrogen-bond acceptors (Lipinski definition) is 2. The largest absolute Gasteiger partial charge is 0.388 e. The minimum atomic E-state index is 0.661. The lowest BCUT2D eigenvalue weighted by molar-refractivity contribution is 1.05. The number of benzene rings is 2. The zero-order valence-electron chi connectivity index (χ0n) is 11.3. The molecule has 1 fully saturated rings. The molecule has 3 heteroatoms. The molecular weight excluding hydrogens is 312 g/mol. The molecule has 1 aliphatic carbocycles. The summed E-state index contributed by atoms with van der Waals surface area (Å²) >= 11 is 3.69. The third kappa shape index (κ3) is 1.80. The fourth-order valence-electron chi connectivity index (χ4n) is 2.82. The van der Waals surface area contributed by atoms with E-state index in [1.54, 1.807) is 0 Å². The second kappa shape index (κ2) is 4.45.